The van der Waals surface area contributed by atoms with Gasteiger partial charge in [0.15, 0.2) is 0 Å². The van der Waals surface area contributed by atoms with Crippen molar-refractivity contribution in [2.24, 2.45) is 11.6 Å². The Labute approximate surface area is 174 Å². The number of nitrogens with two attached hydrogens (primary N) is 2. The third-order valence-electron chi connectivity index (χ3n) is 4.87. The largest absolute Gasteiger partial charge is 0.401 e. The second kappa shape index (κ2) is 8.67. The van der Waals surface area contributed by atoms with E-state index >= 15 is 0 Å². The monoisotopic (exact) mass is 443 g/mol. The summed E-state index contributed by atoms with van der Waals surface area (Å²) in [6.45, 7) is 2.54. The molecule has 0 saturated heterocycles. The molecule has 0 saturated carbocycles. The molecule has 7 heteroatoms. The van der Waals surface area contributed by atoms with Crippen molar-refractivity contribution in [1.82, 2.24) is 10.3 Å². The predicted molar refractivity (Wildman–Crippen MR) is 117 cm³/mol. The van der Waals surface area contributed by atoms with E-state index in [2.05, 4.69) is 32.6 Å². The van der Waals surface area contributed by atoms with Crippen molar-refractivity contribution in [3.8, 4) is 0 Å². The quantitative estimate of drug-likeness (QED) is 0.544. The number of nitrogens with one attached hydrogen (secondary N) is 2. The van der Waals surface area contributed by atoms with E-state index in [4.69, 9.17) is 11.6 Å². The smallest absolute Gasteiger partial charge is 0.224 e. The molecule has 1 atom stereocenters. The lowest BCUT2D eigenvalue weighted by atomic mass is 9.96. The van der Waals surface area contributed by atoms with Crippen LogP contribution in [0.2, 0.25) is 0 Å². The van der Waals surface area contributed by atoms with Crippen molar-refractivity contribution in [1.29, 1.82) is 0 Å². The average Bonchev–Trinajstić information content (AvgIpc) is 2.78. The molecule has 1 heterocycles. The molecule has 0 fully saturated rings. The molecule has 1 amide bonds. The molecule has 2 aromatic rings. The lowest BCUT2D eigenvalue weighted by Gasteiger charge is -2.22. The Hall–Kier alpha value is -2.51. The molecule has 6 N–H and O–H groups in total. The molecule has 0 bridgehead atoms. The van der Waals surface area contributed by atoms with Crippen LogP contribution in [-0.2, 0) is 11.2 Å². The Morgan fingerprint density at radius 2 is 2.07 bits per heavy atom. The van der Waals surface area contributed by atoms with Crippen LogP contribution in [0, 0.1) is 0 Å². The highest BCUT2D eigenvalue weighted by Gasteiger charge is 2.25. The normalized spacial score (nSPS) is 18.1. The van der Waals surface area contributed by atoms with Gasteiger partial charge in [0.2, 0.25) is 5.91 Å². The molecule has 6 nitrogen and oxygen atoms in total. The van der Waals surface area contributed by atoms with E-state index in [9.17, 15) is 4.79 Å². The van der Waals surface area contributed by atoms with E-state index in [1.807, 2.05) is 43.3 Å². The first-order chi connectivity index (χ1) is 13.4. The van der Waals surface area contributed by atoms with Gasteiger partial charge in [0, 0.05) is 35.0 Å². The topological polar surface area (TPSA) is 96.4 Å². The van der Waals surface area contributed by atoms with Gasteiger partial charge in [-0.2, -0.15) is 0 Å². The molecule has 1 unspecified atom stereocenters. The lowest BCUT2D eigenvalue weighted by molar-refractivity contribution is -0.119. The number of nitrogens with zero attached hydrogens (tertiary/aromatic N) is 1. The average molecular weight is 444 g/mol. The van der Waals surface area contributed by atoms with E-state index < -0.39 is 0 Å². The molecule has 148 valence electrons. The molecule has 2 aromatic carbocycles. The Bertz CT molecular complexity index is 907. The van der Waals surface area contributed by atoms with Crippen LogP contribution in [0.3, 0.4) is 0 Å². The van der Waals surface area contributed by atoms with Crippen molar-refractivity contribution in [2.75, 3.05) is 18.9 Å². The third-order valence-corrected chi connectivity index (χ3v) is 5.37. The fourth-order valence-corrected chi connectivity index (χ4v) is 3.94. The Morgan fingerprint density at radius 1 is 1.29 bits per heavy atom. The maximum Gasteiger partial charge on any atom is 0.224 e. The second-order valence-corrected chi connectivity index (χ2v) is 7.91. The highest BCUT2D eigenvalue weighted by Crippen LogP contribution is 2.36. The predicted octanol–water partition coefficient (Wildman–Crippen LogP) is 3.12. The summed E-state index contributed by atoms with van der Waals surface area (Å²) in [6, 6.07) is 14.2. The van der Waals surface area contributed by atoms with Gasteiger partial charge >= 0.3 is 0 Å². The number of fused-ring (bicyclic) bond motifs is 1. The summed E-state index contributed by atoms with van der Waals surface area (Å²) >= 11 is 3.58. The fourth-order valence-electron chi connectivity index (χ4n) is 3.56. The molecular weight excluding hydrogens is 418 g/mol. The highest BCUT2D eigenvalue weighted by molar-refractivity contribution is 9.10. The summed E-state index contributed by atoms with van der Waals surface area (Å²) < 4.78 is 1.01. The number of amides is 1. The summed E-state index contributed by atoms with van der Waals surface area (Å²) in [7, 11) is 1.65. The zero-order valence-electron chi connectivity index (χ0n) is 16.1. The third kappa shape index (κ3) is 4.48. The van der Waals surface area contributed by atoms with Gasteiger partial charge in [-0.1, -0.05) is 34.1 Å². The van der Waals surface area contributed by atoms with Crippen molar-refractivity contribution < 1.29 is 4.79 Å². The molecule has 0 spiro atoms. The minimum absolute atomic E-state index is 0.00661. The first-order valence-corrected chi connectivity index (χ1v) is 10.0. The minimum atomic E-state index is -0.00661. The summed E-state index contributed by atoms with van der Waals surface area (Å²) in [5, 5.41) is 8.01. The first kappa shape index (κ1) is 20.2. The van der Waals surface area contributed by atoms with E-state index in [0.29, 0.717) is 18.7 Å². The van der Waals surface area contributed by atoms with Gasteiger partial charge in [-0.05, 0) is 48.7 Å². The van der Waals surface area contributed by atoms with Crippen LogP contribution in [-0.4, -0.2) is 24.5 Å². The number of rotatable bonds is 4. The number of hydrogen-bond acceptors (Lipinski definition) is 5. The van der Waals surface area contributed by atoms with E-state index in [0.717, 1.165) is 39.0 Å². The van der Waals surface area contributed by atoms with Crippen LogP contribution in [0.25, 0.3) is 5.70 Å². The van der Waals surface area contributed by atoms with Gasteiger partial charge in [0.25, 0.3) is 0 Å². The number of allylic oxidation sites excluding steroid dienone is 1. The summed E-state index contributed by atoms with van der Waals surface area (Å²) in [4.78, 5) is 11.7. The highest BCUT2D eigenvalue weighted by atomic mass is 79.9. The Balaban J connectivity index is 1.96. The van der Waals surface area contributed by atoms with Crippen LogP contribution in [0.5, 0.6) is 0 Å². The Morgan fingerprint density at radius 3 is 2.79 bits per heavy atom. The number of hydrogen-bond donors (Lipinski definition) is 4. The molecule has 1 aliphatic rings. The van der Waals surface area contributed by atoms with E-state index in [-0.39, 0.29) is 11.9 Å². The minimum Gasteiger partial charge on any atom is -0.401 e. The standard InChI is InChI=1S/C21H26BrN5O/c1-13(23)21-17-7-6-15(22)12-18(17)19(8-9-27(21)24)26-16-5-3-4-14(10-16)11-20(28)25-2/h3-7,10,12,19,26H,8-9,11,23-24H2,1-2H3,(H,25,28)/b21-13-. The maximum atomic E-state index is 11.7. The van der Waals surface area contributed by atoms with Gasteiger partial charge < -0.3 is 21.4 Å². The number of likely N-dealkylation sites (N-methyl/N-ethyl adjacent to an activating group) is 1. The molecule has 3 rings (SSSR count). The maximum absolute atomic E-state index is 11.7. The molecule has 0 radical (unpaired) electrons. The number of anilines is 1. The molecular formula is C21H26BrN5O. The summed E-state index contributed by atoms with van der Waals surface area (Å²) in [5.41, 5.74) is 11.8. The Kier molecular flexibility index (Phi) is 6.26. The van der Waals surface area contributed by atoms with E-state index in [1.54, 1.807) is 12.1 Å². The number of benzene rings is 2. The van der Waals surface area contributed by atoms with Crippen LogP contribution in [0.1, 0.15) is 36.1 Å². The van der Waals surface area contributed by atoms with Crippen molar-refractivity contribution in [3.05, 3.63) is 69.3 Å². The van der Waals surface area contributed by atoms with E-state index in [1.165, 1.54) is 0 Å². The van der Waals surface area contributed by atoms with Crippen LogP contribution in [0.15, 0.2) is 52.6 Å². The van der Waals surface area contributed by atoms with Gasteiger partial charge in [-0.15, -0.1) is 0 Å². The zero-order chi connectivity index (χ0) is 20.3. The number of halogens is 1. The number of carbonyl (C=O) groups is 1. The first-order valence-electron chi connectivity index (χ1n) is 9.23. The molecule has 0 aromatic heterocycles. The molecule has 28 heavy (non-hydrogen) atoms. The van der Waals surface area contributed by atoms with Gasteiger partial charge in [0.05, 0.1) is 18.2 Å². The fraction of sp³-hybridized carbons (Fsp3) is 0.286. The van der Waals surface area contributed by atoms with Crippen molar-refractivity contribution >= 4 is 33.2 Å². The van der Waals surface area contributed by atoms with Gasteiger partial charge in [-0.25, -0.2) is 5.84 Å². The van der Waals surface area contributed by atoms with Crippen molar-refractivity contribution in [2.45, 2.75) is 25.8 Å². The summed E-state index contributed by atoms with van der Waals surface area (Å²) in [5.74, 6) is 6.29. The van der Waals surface area contributed by atoms with Crippen LogP contribution >= 0.6 is 15.9 Å². The van der Waals surface area contributed by atoms with Crippen LogP contribution < -0.4 is 22.2 Å². The second-order valence-electron chi connectivity index (χ2n) is 6.99. The SMILES string of the molecule is CNC(=O)Cc1cccc(NC2CCN(N)/C(=C(/C)N)c3ccc(Br)cc32)c1. The number of hydrazine groups is 1. The molecule has 1 aliphatic heterocycles. The lowest BCUT2D eigenvalue weighted by Crippen LogP contribution is -2.31. The van der Waals surface area contributed by atoms with Crippen LogP contribution in [0.4, 0.5) is 5.69 Å². The van der Waals surface area contributed by atoms with Gasteiger partial charge in [-0.3, -0.25) is 4.79 Å². The van der Waals surface area contributed by atoms with Gasteiger partial charge in [0.1, 0.15) is 0 Å². The number of carbonyl (C=O) groups excluding carboxylic acids is 1. The summed E-state index contributed by atoms with van der Waals surface area (Å²) in [6.07, 6.45) is 1.17. The molecule has 0 aliphatic carbocycles. The van der Waals surface area contributed by atoms with Crippen molar-refractivity contribution in [3.63, 3.8) is 0 Å². The zero-order valence-corrected chi connectivity index (χ0v) is 17.7.